The molecule has 1 aromatic carbocycles. The minimum absolute atomic E-state index is 0.111. The van der Waals surface area contributed by atoms with Crippen LogP contribution in [0.25, 0.3) is 11.3 Å². The van der Waals surface area contributed by atoms with Crippen LogP contribution in [0.2, 0.25) is 0 Å². The molecule has 4 N–H and O–H groups in total. The number of H-pyrrole nitrogens is 1. The molecule has 3 aromatic rings. The third kappa shape index (κ3) is 4.33. The summed E-state index contributed by atoms with van der Waals surface area (Å²) < 4.78 is 21.3. The van der Waals surface area contributed by atoms with Gasteiger partial charge in [-0.25, -0.2) is 0 Å². The Morgan fingerprint density at radius 3 is 3.00 bits per heavy atom. The van der Waals surface area contributed by atoms with Crippen molar-refractivity contribution in [2.24, 2.45) is 5.92 Å². The van der Waals surface area contributed by atoms with Crippen LogP contribution in [-0.2, 0) is 0 Å². The second-order valence-electron chi connectivity index (χ2n) is 8.69. The fourth-order valence-corrected chi connectivity index (χ4v) is 7.90. The molecule has 0 spiro atoms. The van der Waals surface area contributed by atoms with E-state index < -0.39 is 5.82 Å². The number of anilines is 3. The molecule has 0 saturated carbocycles. The van der Waals surface area contributed by atoms with E-state index in [1.54, 1.807) is 18.3 Å². The van der Waals surface area contributed by atoms with E-state index in [4.69, 9.17) is 4.74 Å². The van der Waals surface area contributed by atoms with Crippen molar-refractivity contribution in [1.29, 1.82) is 0 Å². The standard InChI is InChI=1S/C25H28FIN5O2/c1-14-5-4-9-29-19-13-28-10-8-15(19)21-23(31-18-7-3-6-16(26)24(18)34-2)20-22(32-21)17(27-11-14)12-30-25(20)33/h3,6-8,10,13-14,17,29,31-32H,4-5,9,11-12H2,1-2H3,(H,30,33)/q-1/t14?,17-/m1/s1. The average Bonchev–Trinajstić information content (AvgIpc) is 3.21. The maximum absolute atomic E-state index is 14.5. The van der Waals surface area contributed by atoms with Crippen molar-refractivity contribution in [2.45, 2.75) is 23.7 Å². The number of carbonyl (C=O) groups excluding carboxylic acids is 1. The zero-order valence-corrected chi connectivity index (χ0v) is 21.3. The number of ether oxygens (including phenoxy) is 1. The van der Waals surface area contributed by atoms with Crippen LogP contribution in [0.5, 0.6) is 5.75 Å². The van der Waals surface area contributed by atoms with Gasteiger partial charge in [-0.15, -0.1) is 0 Å². The molecule has 2 aliphatic heterocycles. The Kier molecular flexibility index (Phi) is 6.62. The number of para-hydroxylation sites is 1. The van der Waals surface area contributed by atoms with Crippen LogP contribution in [0.15, 0.2) is 36.7 Å². The third-order valence-corrected chi connectivity index (χ3v) is 10.4. The number of fused-ring (bicyclic) bond motifs is 3. The van der Waals surface area contributed by atoms with Crippen LogP contribution >= 0.6 is 0 Å². The Morgan fingerprint density at radius 1 is 1.26 bits per heavy atom. The predicted molar refractivity (Wildman–Crippen MR) is 127 cm³/mol. The molecule has 2 atom stereocenters. The summed E-state index contributed by atoms with van der Waals surface area (Å²) in [6.45, 7) is 3.82. The van der Waals surface area contributed by atoms with E-state index in [-0.39, 0.29) is 36.8 Å². The SMILES string of the molecule is COc1c(F)cccc1Nc1c2[nH]c3c1C(=O)NC[C@H]3[I-]CC(C)CCCNc1cnccc1-2. The number of aromatic nitrogens is 2. The number of aromatic amines is 1. The Morgan fingerprint density at radius 2 is 2.15 bits per heavy atom. The van der Waals surface area contributed by atoms with Crippen LogP contribution in [0.4, 0.5) is 21.5 Å². The first-order chi connectivity index (χ1) is 16.6. The molecule has 0 aliphatic carbocycles. The van der Waals surface area contributed by atoms with Crippen LogP contribution < -0.4 is 41.9 Å². The molecular formula is C25H28FIN5O2-. The predicted octanol–water partition coefficient (Wildman–Crippen LogP) is 1.68. The fourth-order valence-electron chi connectivity index (χ4n) is 4.53. The molecule has 0 fully saturated rings. The number of alkyl halides is 2. The van der Waals surface area contributed by atoms with Crippen molar-refractivity contribution < 1.29 is 35.1 Å². The van der Waals surface area contributed by atoms with Crippen LogP contribution in [0.1, 0.15) is 39.7 Å². The maximum atomic E-state index is 14.5. The molecule has 1 unspecified atom stereocenters. The average molecular weight is 576 g/mol. The van der Waals surface area contributed by atoms with Crippen LogP contribution in [-0.4, -0.2) is 40.5 Å². The molecular weight excluding hydrogens is 548 g/mol. The zero-order chi connectivity index (χ0) is 23.7. The molecule has 9 heteroatoms. The first kappa shape index (κ1) is 22.9. The molecule has 180 valence electrons. The Labute approximate surface area is 208 Å². The Balaban J connectivity index is 1.70. The van der Waals surface area contributed by atoms with Gasteiger partial charge in [0, 0.05) is 0 Å². The van der Waals surface area contributed by atoms with Gasteiger partial charge in [-0.3, -0.25) is 0 Å². The van der Waals surface area contributed by atoms with Gasteiger partial charge in [-0.2, -0.15) is 0 Å². The zero-order valence-electron chi connectivity index (χ0n) is 19.2. The molecule has 1 amide bonds. The van der Waals surface area contributed by atoms with Gasteiger partial charge in [0.25, 0.3) is 0 Å². The molecule has 0 saturated heterocycles. The quantitative estimate of drug-likeness (QED) is 0.282. The summed E-state index contributed by atoms with van der Waals surface area (Å²) in [6, 6.07) is 6.68. The molecule has 4 heterocycles. The number of hydrogen-bond acceptors (Lipinski definition) is 5. The van der Waals surface area contributed by atoms with Gasteiger partial charge in [-0.1, -0.05) is 0 Å². The van der Waals surface area contributed by atoms with Crippen molar-refractivity contribution in [1.82, 2.24) is 15.3 Å². The number of pyridine rings is 1. The van der Waals surface area contributed by atoms with Crippen molar-refractivity contribution in [3.8, 4) is 17.0 Å². The van der Waals surface area contributed by atoms with E-state index in [2.05, 4.69) is 32.8 Å². The number of nitrogens with one attached hydrogen (secondary N) is 4. The van der Waals surface area contributed by atoms with E-state index in [1.807, 2.05) is 12.3 Å². The number of carbonyl (C=O) groups is 1. The molecule has 5 rings (SSSR count). The monoisotopic (exact) mass is 576 g/mol. The number of rotatable bonds is 3. The van der Waals surface area contributed by atoms with Gasteiger partial charge in [0.15, 0.2) is 0 Å². The molecule has 7 nitrogen and oxygen atoms in total. The molecule has 0 radical (unpaired) electrons. The van der Waals surface area contributed by atoms with E-state index in [0.29, 0.717) is 29.4 Å². The number of halogens is 2. The van der Waals surface area contributed by atoms with Crippen LogP contribution in [0.3, 0.4) is 0 Å². The van der Waals surface area contributed by atoms with E-state index in [9.17, 15) is 9.18 Å². The summed E-state index contributed by atoms with van der Waals surface area (Å²) in [5.41, 5.74) is 5.27. The van der Waals surface area contributed by atoms with Crippen LogP contribution in [0, 0.1) is 11.7 Å². The topological polar surface area (TPSA) is 91.1 Å². The third-order valence-electron chi connectivity index (χ3n) is 6.26. The number of amides is 1. The summed E-state index contributed by atoms with van der Waals surface area (Å²) in [7, 11) is 1.44. The van der Waals surface area contributed by atoms with Gasteiger partial charge in [-0.05, 0) is 0 Å². The summed E-state index contributed by atoms with van der Waals surface area (Å²) in [5, 5.41) is 9.98. The van der Waals surface area contributed by atoms with E-state index in [1.165, 1.54) is 24.0 Å². The van der Waals surface area contributed by atoms with Gasteiger partial charge >= 0.3 is 209 Å². The molecule has 34 heavy (non-hydrogen) atoms. The summed E-state index contributed by atoms with van der Waals surface area (Å²) in [4.78, 5) is 21.1. The van der Waals surface area contributed by atoms with Crippen molar-refractivity contribution in [3.05, 3.63) is 53.7 Å². The second kappa shape index (κ2) is 9.81. The number of benzene rings is 1. The van der Waals surface area contributed by atoms with Crippen molar-refractivity contribution in [3.63, 3.8) is 0 Å². The van der Waals surface area contributed by atoms with Crippen molar-refractivity contribution in [2.75, 3.05) is 35.3 Å². The first-order valence-corrected chi connectivity index (χ1v) is 14.2. The second-order valence-corrected chi connectivity index (χ2v) is 12.0. The van der Waals surface area contributed by atoms with Gasteiger partial charge in [0.1, 0.15) is 0 Å². The van der Waals surface area contributed by atoms with Gasteiger partial charge in [0.2, 0.25) is 0 Å². The normalized spacial score (nSPS) is 20.3. The molecule has 2 aromatic heterocycles. The van der Waals surface area contributed by atoms with Crippen molar-refractivity contribution >= 4 is 23.0 Å². The summed E-state index contributed by atoms with van der Waals surface area (Å²) in [5.74, 6) is 0.168. The minimum atomic E-state index is -0.464. The number of nitrogens with zero attached hydrogens (tertiary/aromatic N) is 1. The first-order valence-electron chi connectivity index (χ1n) is 11.5. The van der Waals surface area contributed by atoms with Gasteiger partial charge < -0.3 is 0 Å². The molecule has 2 bridgehead atoms. The van der Waals surface area contributed by atoms with E-state index >= 15 is 0 Å². The Hall–Kier alpha value is -2.82. The number of methoxy groups -OCH3 is 1. The van der Waals surface area contributed by atoms with E-state index in [0.717, 1.165) is 35.6 Å². The summed E-state index contributed by atoms with van der Waals surface area (Å²) >= 11 is -0.182. The summed E-state index contributed by atoms with van der Waals surface area (Å²) in [6.07, 6.45) is 5.83. The molecule has 2 aliphatic rings. The fraction of sp³-hybridized carbons (Fsp3) is 0.360. The van der Waals surface area contributed by atoms with Gasteiger partial charge in [0.05, 0.1) is 0 Å². The number of hydrogen-bond donors (Lipinski definition) is 4. The Bertz CT molecular complexity index is 1210.